The highest BCUT2D eigenvalue weighted by Crippen LogP contribution is 2.40. The van der Waals surface area contributed by atoms with Crippen molar-refractivity contribution < 1.29 is 9.90 Å². The fourth-order valence-corrected chi connectivity index (χ4v) is 4.34. The molecule has 0 spiro atoms. The van der Waals surface area contributed by atoms with Crippen LogP contribution < -0.4 is 4.90 Å². The monoisotopic (exact) mass is 391 g/mol. The fourth-order valence-electron chi connectivity index (χ4n) is 4.34. The van der Waals surface area contributed by atoms with Crippen molar-refractivity contribution in [2.45, 2.75) is 19.3 Å². The Morgan fingerprint density at radius 1 is 0.931 bits per heavy atom. The number of hydrogen-bond donors (Lipinski definition) is 1. The number of carboxylic acids is 1. The molecule has 152 valence electrons. The predicted octanol–water partition coefficient (Wildman–Crippen LogP) is 4.14. The summed E-state index contributed by atoms with van der Waals surface area (Å²) in [6.45, 7) is 5.01. The van der Waals surface area contributed by atoms with Gasteiger partial charge in [-0.05, 0) is 37.6 Å². The van der Waals surface area contributed by atoms with Crippen LogP contribution in [0.25, 0.3) is 11.8 Å². The quantitative estimate of drug-likeness (QED) is 0.750. The van der Waals surface area contributed by atoms with Crippen LogP contribution >= 0.6 is 0 Å². The van der Waals surface area contributed by atoms with Gasteiger partial charge in [-0.25, -0.2) is 0 Å². The highest BCUT2D eigenvalue weighted by Gasteiger charge is 2.25. The van der Waals surface area contributed by atoms with Crippen molar-refractivity contribution in [1.82, 2.24) is 9.80 Å². The summed E-state index contributed by atoms with van der Waals surface area (Å²) in [6, 6.07) is 17.2. The van der Waals surface area contributed by atoms with Crippen LogP contribution in [-0.4, -0.2) is 60.6 Å². The number of benzene rings is 2. The van der Waals surface area contributed by atoms with Gasteiger partial charge < -0.3 is 14.9 Å². The Morgan fingerprint density at radius 3 is 2.38 bits per heavy atom. The summed E-state index contributed by atoms with van der Waals surface area (Å²) in [7, 11) is 2.14. The minimum Gasteiger partial charge on any atom is -0.481 e. The fraction of sp³-hybridized carbons (Fsp3) is 0.375. The van der Waals surface area contributed by atoms with Gasteiger partial charge in [-0.2, -0.15) is 0 Å². The Morgan fingerprint density at radius 2 is 1.62 bits per heavy atom. The number of para-hydroxylation sites is 2. The van der Waals surface area contributed by atoms with Crippen LogP contribution in [0.1, 0.15) is 30.4 Å². The smallest absolute Gasteiger partial charge is 0.303 e. The first kappa shape index (κ1) is 19.5. The van der Waals surface area contributed by atoms with Crippen LogP contribution in [0.4, 0.5) is 11.4 Å². The number of hydrogen-bond acceptors (Lipinski definition) is 4. The number of nitrogens with zero attached hydrogens (tertiary/aromatic N) is 3. The second-order valence-electron chi connectivity index (χ2n) is 7.84. The highest BCUT2D eigenvalue weighted by molar-refractivity contribution is 5.94. The van der Waals surface area contributed by atoms with Crippen LogP contribution in [0.15, 0.2) is 48.5 Å². The molecule has 5 heteroatoms. The molecular formula is C24H29N3O2. The van der Waals surface area contributed by atoms with Crippen LogP contribution in [0.5, 0.6) is 0 Å². The summed E-state index contributed by atoms with van der Waals surface area (Å²) in [5, 5.41) is 8.79. The zero-order chi connectivity index (χ0) is 20.2. The Kier molecular flexibility index (Phi) is 5.86. The summed E-state index contributed by atoms with van der Waals surface area (Å²) in [4.78, 5) is 17.9. The summed E-state index contributed by atoms with van der Waals surface area (Å²) < 4.78 is 0. The third-order valence-corrected chi connectivity index (χ3v) is 5.96. The lowest BCUT2D eigenvalue weighted by atomic mass is 10.1. The van der Waals surface area contributed by atoms with Crippen LogP contribution in [0.2, 0.25) is 0 Å². The lowest BCUT2D eigenvalue weighted by Crippen LogP contribution is -2.45. The standard InChI is InChI=1S/C24H29N3O2/c1-25-21-10-4-2-8-19(21)18-23(20-9-3-5-11-22(20)25)27-16-14-26(15-17-27)13-7-6-12-24(28)29/h2-5,8-11,18H,6-7,12-17H2,1H3,(H,28,29). The van der Waals surface area contributed by atoms with Crippen LogP contribution in [0, 0.1) is 0 Å². The average molecular weight is 392 g/mol. The molecular weight excluding hydrogens is 362 g/mol. The first-order valence-corrected chi connectivity index (χ1v) is 10.5. The van der Waals surface area contributed by atoms with Crippen molar-refractivity contribution in [2.75, 3.05) is 44.7 Å². The number of carbonyl (C=O) groups is 1. The van der Waals surface area contributed by atoms with Crippen molar-refractivity contribution in [3.05, 3.63) is 59.7 Å². The molecule has 2 aromatic carbocycles. The van der Waals surface area contributed by atoms with Crippen LogP contribution in [-0.2, 0) is 4.79 Å². The highest BCUT2D eigenvalue weighted by atomic mass is 16.4. The molecule has 2 heterocycles. The Bertz CT molecular complexity index is 901. The Balaban J connectivity index is 1.50. The Hall–Kier alpha value is -2.79. The normalized spacial score (nSPS) is 16.7. The van der Waals surface area contributed by atoms with Crippen molar-refractivity contribution in [3.8, 4) is 0 Å². The second kappa shape index (κ2) is 8.70. The molecule has 29 heavy (non-hydrogen) atoms. The SMILES string of the molecule is CN1c2ccccc2C=C(N2CCN(CCCCC(=O)O)CC2)c2ccccc21. The predicted molar refractivity (Wildman–Crippen MR) is 118 cm³/mol. The molecule has 2 aromatic rings. The van der Waals surface area contributed by atoms with Crippen molar-refractivity contribution in [3.63, 3.8) is 0 Å². The first-order chi connectivity index (χ1) is 14.1. The lowest BCUT2D eigenvalue weighted by molar-refractivity contribution is -0.137. The van der Waals surface area contributed by atoms with E-state index in [0.29, 0.717) is 0 Å². The first-order valence-electron chi connectivity index (χ1n) is 10.5. The molecule has 5 nitrogen and oxygen atoms in total. The maximum Gasteiger partial charge on any atom is 0.303 e. The van der Waals surface area contributed by atoms with E-state index in [4.69, 9.17) is 5.11 Å². The molecule has 0 aliphatic carbocycles. The molecule has 0 bridgehead atoms. The number of carboxylic acid groups (broad SMARTS) is 1. The number of fused-ring (bicyclic) bond motifs is 2. The number of piperazine rings is 1. The minimum atomic E-state index is -0.695. The van der Waals surface area contributed by atoms with Gasteiger partial charge in [0.2, 0.25) is 0 Å². The van der Waals surface area contributed by atoms with E-state index in [-0.39, 0.29) is 6.42 Å². The Labute approximate surface area is 172 Å². The molecule has 0 atom stereocenters. The molecule has 0 unspecified atom stereocenters. The molecule has 1 saturated heterocycles. The van der Waals surface area contributed by atoms with E-state index in [1.807, 2.05) is 0 Å². The third-order valence-electron chi connectivity index (χ3n) is 5.96. The zero-order valence-electron chi connectivity index (χ0n) is 17.1. The van der Waals surface area contributed by atoms with Gasteiger partial charge in [-0.3, -0.25) is 9.69 Å². The average Bonchev–Trinajstić information content (AvgIpc) is 2.87. The van der Waals surface area contributed by atoms with Crippen LogP contribution in [0.3, 0.4) is 0 Å². The zero-order valence-corrected chi connectivity index (χ0v) is 17.1. The molecule has 2 aliphatic heterocycles. The van der Waals surface area contributed by atoms with Gasteiger partial charge in [0, 0.05) is 62.2 Å². The molecule has 0 radical (unpaired) electrons. The third kappa shape index (κ3) is 4.30. The summed E-state index contributed by atoms with van der Waals surface area (Å²) in [5.41, 5.74) is 6.29. The summed E-state index contributed by atoms with van der Waals surface area (Å²) in [5.74, 6) is -0.695. The molecule has 2 aliphatic rings. The van der Waals surface area contributed by atoms with Crippen molar-refractivity contribution in [1.29, 1.82) is 0 Å². The number of aliphatic carboxylic acids is 1. The topological polar surface area (TPSA) is 47.0 Å². The van der Waals surface area contributed by atoms with Gasteiger partial charge in [0.1, 0.15) is 0 Å². The van der Waals surface area contributed by atoms with E-state index < -0.39 is 5.97 Å². The number of rotatable bonds is 6. The van der Waals surface area contributed by atoms with Gasteiger partial charge in [0.25, 0.3) is 0 Å². The van der Waals surface area contributed by atoms with Gasteiger partial charge in [-0.15, -0.1) is 0 Å². The van der Waals surface area contributed by atoms with Gasteiger partial charge in [-0.1, -0.05) is 36.4 Å². The summed E-state index contributed by atoms with van der Waals surface area (Å²) >= 11 is 0. The maximum atomic E-state index is 10.7. The van der Waals surface area contributed by atoms with Gasteiger partial charge in [0.05, 0.1) is 5.69 Å². The van der Waals surface area contributed by atoms with E-state index in [1.54, 1.807) is 0 Å². The van der Waals surface area contributed by atoms with Crippen molar-refractivity contribution >= 4 is 29.1 Å². The minimum absolute atomic E-state index is 0.274. The van der Waals surface area contributed by atoms with E-state index in [1.165, 1.54) is 28.2 Å². The van der Waals surface area contributed by atoms with E-state index in [2.05, 4.69) is 76.4 Å². The maximum absolute atomic E-state index is 10.7. The lowest BCUT2D eigenvalue weighted by Gasteiger charge is -2.38. The van der Waals surface area contributed by atoms with E-state index in [9.17, 15) is 4.79 Å². The molecule has 4 rings (SSSR count). The number of anilines is 2. The largest absolute Gasteiger partial charge is 0.481 e. The van der Waals surface area contributed by atoms with E-state index in [0.717, 1.165) is 45.6 Å². The second-order valence-corrected chi connectivity index (χ2v) is 7.84. The summed E-state index contributed by atoms with van der Waals surface area (Å²) in [6.07, 6.45) is 4.32. The number of unbranched alkanes of at least 4 members (excludes halogenated alkanes) is 1. The molecule has 0 saturated carbocycles. The molecule has 1 fully saturated rings. The van der Waals surface area contributed by atoms with Crippen molar-refractivity contribution in [2.24, 2.45) is 0 Å². The molecule has 0 amide bonds. The van der Waals surface area contributed by atoms with Gasteiger partial charge >= 0.3 is 5.97 Å². The molecule has 1 N–H and O–H groups in total. The molecule has 0 aromatic heterocycles. The van der Waals surface area contributed by atoms with E-state index >= 15 is 0 Å². The van der Waals surface area contributed by atoms with Gasteiger partial charge in [0.15, 0.2) is 0 Å².